The molecule has 0 aliphatic heterocycles. The Labute approximate surface area is 118 Å². The van der Waals surface area contributed by atoms with Gasteiger partial charge in [0, 0.05) is 6.07 Å². The van der Waals surface area contributed by atoms with E-state index >= 15 is 0 Å². The van der Waals surface area contributed by atoms with Crippen LogP contribution >= 0.6 is 11.6 Å². The first-order valence-corrected chi connectivity index (χ1v) is 6.12. The van der Waals surface area contributed by atoms with Crippen molar-refractivity contribution in [3.63, 3.8) is 0 Å². The van der Waals surface area contributed by atoms with Gasteiger partial charge in [-0.2, -0.15) is 4.98 Å². The number of fused-ring (bicyclic) bond motifs is 1. The van der Waals surface area contributed by atoms with Crippen LogP contribution in [0.2, 0.25) is 5.02 Å². The molecular formula is C13H10ClFN4O. The number of anilines is 1. The molecule has 1 aromatic carbocycles. The van der Waals surface area contributed by atoms with Crippen molar-refractivity contribution in [1.29, 1.82) is 0 Å². The molecule has 0 unspecified atom stereocenters. The van der Waals surface area contributed by atoms with Gasteiger partial charge in [-0.05, 0) is 24.3 Å². The summed E-state index contributed by atoms with van der Waals surface area (Å²) in [6, 6.07) is 7.73. The largest absolute Gasteiger partial charge is 0.481 e. The SMILES string of the molecule is COc1ccc2nc(N)n(-c3ccc(F)c(Cl)c3)c2n1. The summed E-state index contributed by atoms with van der Waals surface area (Å²) in [5.41, 5.74) is 7.61. The van der Waals surface area contributed by atoms with E-state index in [-0.39, 0.29) is 11.0 Å². The van der Waals surface area contributed by atoms with Gasteiger partial charge in [0.25, 0.3) is 0 Å². The lowest BCUT2D eigenvalue weighted by molar-refractivity contribution is 0.399. The van der Waals surface area contributed by atoms with Crippen LogP contribution in [0.3, 0.4) is 0 Å². The smallest absolute Gasteiger partial charge is 0.215 e. The summed E-state index contributed by atoms with van der Waals surface area (Å²) >= 11 is 5.80. The van der Waals surface area contributed by atoms with Gasteiger partial charge in [0.05, 0.1) is 17.8 Å². The molecule has 0 spiro atoms. The van der Waals surface area contributed by atoms with Crippen molar-refractivity contribution in [3.05, 3.63) is 41.2 Å². The van der Waals surface area contributed by atoms with E-state index in [1.807, 2.05) is 0 Å². The maximum Gasteiger partial charge on any atom is 0.215 e. The predicted molar refractivity (Wildman–Crippen MR) is 74.8 cm³/mol. The van der Waals surface area contributed by atoms with Gasteiger partial charge >= 0.3 is 0 Å². The topological polar surface area (TPSA) is 66.0 Å². The second kappa shape index (κ2) is 4.64. The van der Waals surface area contributed by atoms with Gasteiger partial charge in [0.2, 0.25) is 11.8 Å². The highest BCUT2D eigenvalue weighted by Crippen LogP contribution is 2.26. The Kier molecular flexibility index (Phi) is 2.94. The molecule has 0 radical (unpaired) electrons. The predicted octanol–water partition coefficient (Wildman–Crippen LogP) is 2.80. The zero-order chi connectivity index (χ0) is 14.3. The second-order valence-corrected chi connectivity index (χ2v) is 4.51. The molecular weight excluding hydrogens is 283 g/mol. The van der Waals surface area contributed by atoms with Crippen LogP contribution in [0.1, 0.15) is 0 Å². The third-order valence-electron chi connectivity index (χ3n) is 2.88. The Morgan fingerprint density at radius 1 is 1.25 bits per heavy atom. The van der Waals surface area contributed by atoms with Gasteiger partial charge < -0.3 is 10.5 Å². The summed E-state index contributed by atoms with van der Waals surface area (Å²) in [6.45, 7) is 0. The molecule has 0 aliphatic rings. The summed E-state index contributed by atoms with van der Waals surface area (Å²) in [5, 5.41) is 0.00615. The Bertz CT molecular complexity index is 802. The van der Waals surface area contributed by atoms with Crippen LogP contribution in [0.4, 0.5) is 10.3 Å². The molecule has 2 aromatic heterocycles. The third kappa shape index (κ3) is 1.94. The Morgan fingerprint density at radius 3 is 2.75 bits per heavy atom. The van der Waals surface area contributed by atoms with Crippen LogP contribution < -0.4 is 10.5 Å². The normalized spacial score (nSPS) is 10.9. The van der Waals surface area contributed by atoms with Crippen LogP contribution in [0.15, 0.2) is 30.3 Å². The molecule has 102 valence electrons. The molecule has 2 heterocycles. The quantitative estimate of drug-likeness (QED) is 0.789. The Morgan fingerprint density at radius 2 is 2.05 bits per heavy atom. The summed E-state index contributed by atoms with van der Waals surface area (Å²) in [4.78, 5) is 8.51. The number of imidazole rings is 1. The van der Waals surface area contributed by atoms with Crippen molar-refractivity contribution in [3.8, 4) is 11.6 Å². The highest BCUT2D eigenvalue weighted by atomic mass is 35.5. The summed E-state index contributed by atoms with van der Waals surface area (Å²) < 4.78 is 19.9. The number of pyridine rings is 1. The lowest BCUT2D eigenvalue weighted by Crippen LogP contribution is -2.02. The van der Waals surface area contributed by atoms with E-state index in [0.717, 1.165) is 0 Å². The fourth-order valence-corrected chi connectivity index (χ4v) is 2.12. The number of hydrogen-bond donors (Lipinski definition) is 1. The fourth-order valence-electron chi connectivity index (χ4n) is 1.95. The third-order valence-corrected chi connectivity index (χ3v) is 3.17. The molecule has 0 aliphatic carbocycles. The summed E-state index contributed by atoms with van der Waals surface area (Å²) in [7, 11) is 1.52. The lowest BCUT2D eigenvalue weighted by atomic mass is 10.3. The average molecular weight is 293 g/mol. The zero-order valence-corrected chi connectivity index (χ0v) is 11.2. The van der Waals surface area contributed by atoms with Gasteiger partial charge in [0.15, 0.2) is 5.65 Å². The number of ether oxygens (including phenoxy) is 1. The minimum absolute atomic E-state index is 0.00615. The van der Waals surface area contributed by atoms with Crippen molar-refractivity contribution in [2.75, 3.05) is 12.8 Å². The van der Waals surface area contributed by atoms with Crippen molar-refractivity contribution in [2.45, 2.75) is 0 Å². The molecule has 0 saturated carbocycles. The molecule has 0 bridgehead atoms. The van der Waals surface area contributed by atoms with Crippen molar-refractivity contribution < 1.29 is 9.13 Å². The molecule has 0 atom stereocenters. The molecule has 0 saturated heterocycles. The number of methoxy groups -OCH3 is 1. The van der Waals surface area contributed by atoms with E-state index in [0.29, 0.717) is 22.7 Å². The van der Waals surface area contributed by atoms with Crippen LogP contribution in [0.25, 0.3) is 16.9 Å². The molecule has 0 amide bonds. The molecule has 7 heteroatoms. The Hall–Kier alpha value is -2.34. The van der Waals surface area contributed by atoms with E-state index in [1.54, 1.807) is 22.8 Å². The summed E-state index contributed by atoms with van der Waals surface area (Å²) in [5.74, 6) is 0.180. The monoisotopic (exact) mass is 292 g/mol. The van der Waals surface area contributed by atoms with E-state index in [2.05, 4.69) is 9.97 Å². The number of halogens is 2. The molecule has 0 fully saturated rings. The van der Waals surface area contributed by atoms with Gasteiger partial charge in [-0.3, -0.25) is 4.57 Å². The van der Waals surface area contributed by atoms with Crippen LogP contribution in [-0.4, -0.2) is 21.6 Å². The number of aromatic nitrogens is 3. The first kappa shape index (κ1) is 12.7. The minimum Gasteiger partial charge on any atom is -0.481 e. The summed E-state index contributed by atoms with van der Waals surface area (Å²) in [6.07, 6.45) is 0. The van der Waals surface area contributed by atoms with E-state index in [1.165, 1.54) is 19.2 Å². The number of benzene rings is 1. The second-order valence-electron chi connectivity index (χ2n) is 4.10. The molecule has 20 heavy (non-hydrogen) atoms. The van der Waals surface area contributed by atoms with Crippen molar-refractivity contribution >= 4 is 28.7 Å². The van der Waals surface area contributed by atoms with Gasteiger partial charge in [0.1, 0.15) is 11.3 Å². The lowest BCUT2D eigenvalue weighted by Gasteiger charge is -2.07. The minimum atomic E-state index is -0.496. The van der Waals surface area contributed by atoms with Crippen LogP contribution in [0, 0.1) is 5.82 Å². The molecule has 3 rings (SSSR count). The Balaban J connectivity index is 2.28. The number of rotatable bonds is 2. The highest BCUT2D eigenvalue weighted by Gasteiger charge is 2.13. The maximum atomic E-state index is 13.2. The molecule has 2 N–H and O–H groups in total. The molecule has 5 nitrogen and oxygen atoms in total. The van der Waals surface area contributed by atoms with Gasteiger partial charge in [-0.1, -0.05) is 11.6 Å². The van der Waals surface area contributed by atoms with Crippen LogP contribution in [-0.2, 0) is 0 Å². The number of hydrogen-bond acceptors (Lipinski definition) is 4. The van der Waals surface area contributed by atoms with Crippen LogP contribution in [0.5, 0.6) is 5.88 Å². The average Bonchev–Trinajstić information content (AvgIpc) is 2.77. The highest BCUT2D eigenvalue weighted by molar-refractivity contribution is 6.30. The number of nitrogen functional groups attached to an aromatic ring is 1. The first-order chi connectivity index (χ1) is 9.60. The first-order valence-electron chi connectivity index (χ1n) is 5.74. The van der Waals surface area contributed by atoms with Crippen molar-refractivity contribution in [1.82, 2.24) is 14.5 Å². The van der Waals surface area contributed by atoms with E-state index in [4.69, 9.17) is 22.1 Å². The van der Waals surface area contributed by atoms with Crippen molar-refractivity contribution in [2.24, 2.45) is 0 Å². The standard InChI is InChI=1S/C13H10ClFN4O/c1-20-11-5-4-10-12(18-11)19(13(16)17-10)7-2-3-9(15)8(14)6-7/h2-6H,1H3,(H2,16,17). The van der Waals surface area contributed by atoms with Gasteiger partial charge in [-0.15, -0.1) is 0 Å². The maximum absolute atomic E-state index is 13.2. The number of nitrogens with two attached hydrogens (primary N) is 1. The van der Waals surface area contributed by atoms with E-state index in [9.17, 15) is 4.39 Å². The van der Waals surface area contributed by atoms with Gasteiger partial charge in [-0.25, -0.2) is 9.37 Å². The zero-order valence-electron chi connectivity index (χ0n) is 10.5. The molecule has 3 aromatic rings. The van der Waals surface area contributed by atoms with E-state index < -0.39 is 5.82 Å². The fraction of sp³-hybridized carbons (Fsp3) is 0.0769. The number of nitrogens with zero attached hydrogens (tertiary/aromatic N) is 3.